The lowest BCUT2D eigenvalue weighted by Crippen LogP contribution is -2.41. The molecule has 1 aliphatic rings. The molecular formula is C28H35F2N7O5. The molecule has 14 heteroatoms. The van der Waals surface area contributed by atoms with Crippen LogP contribution in [0.4, 0.5) is 26.0 Å². The number of carbonyl (C=O) groups excluding carboxylic acids is 1. The zero-order valence-electron chi connectivity index (χ0n) is 23.5. The average molecular weight is 588 g/mol. The maximum Gasteiger partial charge on any atom is 0.223 e. The van der Waals surface area contributed by atoms with Gasteiger partial charge in [-0.15, -0.1) is 0 Å². The van der Waals surface area contributed by atoms with Crippen LogP contribution >= 0.6 is 0 Å². The van der Waals surface area contributed by atoms with Crippen molar-refractivity contribution in [1.82, 2.24) is 15.1 Å². The summed E-state index contributed by atoms with van der Waals surface area (Å²) in [6, 6.07) is 8.90. The number of amides is 1. The van der Waals surface area contributed by atoms with E-state index in [2.05, 4.69) is 15.5 Å². The fourth-order valence-corrected chi connectivity index (χ4v) is 4.44. The Labute approximate surface area is 242 Å². The molecule has 0 radical (unpaired) electrons. The van der Waals surface area contributed by atoms with Gasteiger partial charge < -0.3 is 35.3 Å². The molecule has 2 heterocycles. The Morgan fingerprint density at radius 1 is 1.19 bits per heavy atom. The van der Waals surface area contributed by atoms with Crippen LogP contribution in [0.1, 0.15) is 18.2 Å². The highest BCUT2D eigenvalue weighted by Crippen LogP contribution is 2.39. The number of rotatable bonds is 15. The van der Waals surface area contributed by atoms with Gasteiger partial charge in [-0.05, 0) is 18.7 Å². The summed E-state index contributed by atoms with van der Waals surface area (Å²) in [6.45, 7) is 4.70. The third-order valence-corrected chi connectivity index (χ3v) is 6.49. The monoisotopic (exact) mass is 587 g/mol. The van der Waals surface area contributed by atoms with Crippen LogP contribution in [0.5, 0.6) is 11.5 Å². The minimum Gasteiger partial charge on any atom is -0.491 e. The number of hydrogen-bond donors (Lipinski definition) is 4. The number of aromatic nitrogens is 2. The standard InChI is InChI=1S/C28H35F2N7O5/c1-3-36(7-9-38)8-10-42-23-16-19(41-12-11-40-2)15-21-26(23)28(33-25-14-18(34-35-25)13-24(31)39)37(17-32-21)22-6-4-5-20(29)27(22)30/h4-6,14-16,32,38H,3,7-13,17H2,1-2H3,(H2,31,39)(H,34,35). The zero-order valence-corrected chi connectivity index (χ0v) is 23.5. The Kier molecular flexibility index (Phi) is 10.6. The van der Waals surface area contributed by atoms with Crippen LogP contribution in [0.15, 0.2) is 41.4 Å². The van der Waals surface area contributed by atoms with Crippen molar-refractivity contribution in [3.63, 3.8) is 0 Å². The third kappa shape index (κ3) is 7.51. The number of anilines is 2. The summed E-state index contributed by atoms with van der Waals surface area (Å²) in [6.07, 6.45) is -0.0729. The molecule has 0 saturated carbocycles. The van der Waals surface area contributed by atoms with Gasteiger partial charge in [-0.25, -0.2) is 13.8 Å². The SMILES string of the molecule is CCN(CCO)CCOc1cc(OCCOC)cc2c1C(=Nc1cc(CC(N)=O)[nH]n1)N(c1cccc(F)c1F)CN2. The Hall–Kier alpha value is -4.27. The number of H-pyrrole nitrogens is 1. The minimum atomic E-state index is -1.04. The summed E-state index contributed by atoms with van der Waals surface area (Å²) in [7, 11) is 1.57. The van der Waals surface area contributed by atoms with Crippen LogP contribution in [-0.4, -0.2) is 91.8 Å². The van der Waals surface area contributed by atoms with E-state index < -0.39 is 17.5 Å². The van der Waals surface area contributed by atoms with Crippen molar-refractivity contribution in [1.29, 1.82) is 0 Å². The van der Waals surface area contributed by atoms with Crippen molar-refractivity contribution in [2.24, 2.45) is 10.7 Å². The first kappa shape index (κ1) is 30.7. The summed E-state index contributed by atoms with van der Waals surface area (Å²) in [5.41, 5.74) is 6.76. The number of fused-ring (bicyclic) bond motifs is 1. The van der Waals surface area contributed by atoms with Crippen LogP contribution in [-0.2, 0) is 16.0 Å². The Bertz CT molecular complexity index is 1400. The molecule has 2 aromatic carbocycles. The molecule has 12 nitrogen and oxygen atoms in total. The molecule has 1 aliphatic heterocycles. The number of amidine groups is 1. The summed E-state index contributed by atoms with van der Waals surface area (Å²) in [5, 5.41) is 19.5. The van der Waals surface area contributed by atoms with Crippen LogP contribution in [0, 0.1) is 11.6 Å². The highest BCUT2D eigenvalue weighted by Gasteiger charge is 2.31. The number of ether oxygens (including phenoxy) is 3. The second kappa shape index (κ2) is 14.6. The molecule has 42 heavy (non-hydrogen) atoms. The van der Waals surface area contributed by atoms with E-state index in [0.29, 0.717) is 54.7 Å². The van der Waals surface area contributed by atoms with Crippen molar-refractivity contribution in [2.75, 3.05) is 70.1 Å². The number of aromatic amines is 1. The van der Waals surface area contributed by atoms with E-state index in [1.165, 1.54) is 17.0 Å². The van der Waals surface area contributed by atoms with Crippen LogP contribution in [0.3, 0.4) is 0 Å². The second-order valence-corrected chi connectivity index (χ2v) is 9.36. The van der Waals surface area contributed by atoms with E-state index in [1.807, 2.05) is 11.8 Å². The Morgan fingerprint density at radius 2 is 2.02 bits per heavy atom. The molecule has 0 saturated heterocycles. The number of likely N-dealkylation sites (N-methyl/N-ethyl adjacent to an activating group) is 1. The largest absolute Gasteiger partial charge is 0.491 e. The first-order chi connectivity index (χ1) is 20.3. The van der Waals surface area contributed by atoms with Gasteiger partial charge >= 0.3 is 0 Å². The molecular weight excluding hydrogens is 552 g/mol. The van der Waals surface area contributed by atoms with E-state index in [4.69, 9.17) is 24.9 Å². The number of benzene rings is 2. The molecule has 0 atom stereocenters. The van der Waals surface area contributed by atoms with Crippen LogP contribution in [0.25, 0.3) is 0 Å². The van der Waals surface area contributed by atoms with Crippen molar-refractivity contribution in [2.45, 2.75) is 13.3 Å². The predicted molar refractivity (Wildman–Crippen MR) is 154 cm³/mol. The maximum atomic E-state index is 15.1. The highest BCUT2D eigenvalue weighted by atomic mass is 19.2. The maximum absolute atomic E-state index is 15.1. The number of hydrogen-bond acceptors (Lipinski definition) is 9. The van der Waals surface area contributed by atoms with Crippen LogP contribution < -0.4 is 25.4 Å². The van der Waals surface area contributed by atoms with Gasteiger partial charge in [0.1, 0.15) is 30.5 Å². The summed E-state index contributed by atoms with van der Waals surface area (Å²) in [5.74, 6) is -1.30. The van der Waals surface area contributed by atoms with Gasteiger partial charge in [0.25, 0.3) is 0 Å². The number of nitrogens with two attached hydrogens (primary N) is 1. The molecule has 0 fully saturated rings. The highest BCUT2D eigenvalue weighted by molar-refractivity contribution is 6.17. The molecule has 0 unspecified atom stereocenters. The number of halogens is 2. The summed E-state index contributed by atoms with van der Waals surface area (Å²) < 4.78 is 46.7. The van der Waals surface area contributed by atoms with Gasteiger partial charge in [0.05, 0.1) is 43.2 Å². The lowest BCUT2D eigenvalue weighted by Gasteiger charge is -2.34. The van der Waals surface area contributed by atoms with E-state index in [-0.39, 0.29) is 43.6 Å². The van der Waals surface area contributed by atoms with Gasteiger partial charge in [0.2, 0.25) is 5.91 Å². The molecule has 5 N–H and O–H groups in total. The molecule has 0 bridgehead atoms. The predicted octanol–water partition coefficient (Wildman–Crippen LogP) is 2.40. The fraction of sp³-hybridized carbons (Fsp3) is 0.393. The van der Waals surface area contributed by atoms with Crippen molar-refractivity contribution in [3.05, 3.63) is 59.3 Å². The number of aliphatic hydroxyl groups excluding tert-OH is 1. The van der Waals surface area contributed by atoms with Crippen molar-refractivity contribution < 1.29 is 32.9 Å². The number of nitrogens with zero attached hydrogens (tertiary/aromatic N) is 4. The smallest absolute Gasteiger partial charge is 0.223 e. The van der Waals surface area contributed by atoms with Crippen molar-refractivity contribution >= 4 is 28.9 Å². The number of carbonyl (C=O) groups is 1. The zero-order chi connectivity index (χ0) is 30.1. The third-order valence-electron chi connectivity index (χ3n) is 6.49. The lowest BCUT2D eigenvalue weighted by molar-refractivity contribution is -0.117. The molecule has 4 rings (SSSR count). The fourth-order valence-electron chi connectivity index (χ4n) is 4.44. The molecule has 226 valence electrons. The van der Waals surface area contributed by atoms with Gasteiger partial charge in [-0.3, -0.25) is 14.8 Å². The Morgan fingerprint density at radius 3 is 2.76 bits per heavy atom. The van der Waals surface area contributed by atoms with E-state index >= 15 is 4.39 Å². The van der Waals surface area contributed by atoms with E-state index in [1.54, 1.807) is 25.3 Å². The number of aliphatic imine (C=N–C) groups is 1. The van der Waals surface area contributed by atoms with Gasteiger partial charge in [-0.1, -0.05) is 13.0 Å². The number of methoxy groups -OCH3 is 1. The quantitative estimate of drug-likeness (QED) is 0.197. The summed E-state index contributed by atoms with van der Waals surface area (Å²) in [4.78, 5) is 19.6. The molecule has 1 aromatic heterocycles. The van der Waals surface area contributed by atoms with Crippen molar-refractivity contribution in [3.8, 4) is 11.5 Å². The lowest BCUT2D eigenvalue weighted by atomic mass is 10.1. The van der Waals surface area contributed by atoms with Gasteiger partial charge in [0.15, 0.2) is 17.5 Å². The van der Waals surface area contributed by atoms with E-state index in [9.17, 15) is 14.3 Å². The van der Waals surface area contributed by atoms with Gasteiger partial charge in [-0.2, -0.15) is 5.10 Å². The van der Waals surface area contributed by atoms with E-state index in [0.717, 1.165) is 12.6 Å². The van der Waals surface area contributed by atoms with Gasteiger partial charge in [0, 0.05) is 44.1 Å². The minimum absolute atomic E-state index is 0.0162. The first-order valence-electron chi connectivity index (χ1n) is 13.5. The number of primary amides is 1. The normalized spacial score (nSPS) is 13.8. The Balaban J connectivity index is 1.81. The molecule has 3 aromatic rings. The number of nitrogens with one attached hydrogen (secondary N) is 2. The van der Waals surface area contributed by atoms with Crippen LogP contribution in [0.2, 0.25) is 0 Å². The topological polar surface area (TPSA) is 151 Å². The first-order valence-corrected chi connectivity index (χ1v) is 13.5. The summed E-state index contributed by atoms with van der Waals surface area (Å²) >= 11 is 0. The molecule has 0 spiro atoms. The second-order valence-electron chi connectivity index (χ2n) is 9.36. The molecule has 0 aliphatic carbocycles. The average Bonchev–Trinajstić information content (AvgIpc) is 3.40. The number of aliphatic hydroxyl groups is 1. The molecule has 1 amide bonds.